The molecule has 0 bridgehead atoms. The predicted molar refractivity (Wildman–Crippen MR) is 76.7 cm³/mol. The van der Waals surface area contributed by atoms with E-state index in [1.165, 1.54) is 0 Å². The Bertz CT molecular complexity index is 419. The number of benzene rings is 1. The zero-order valence-electron chi connectivity index (χ0n) is 10.6. The van der Waals surface area contributed by atoms with Crippen molar-refractivity contribution in [3.63, 3.8) is 0 Å². The van der Waals surface area contributed by atoms with Crippen molar-refractivity contribution in [1.29, 1.82) is 0 Å². The molecule has 0 amide bonds. The van der Waals surface area contributed by atoms with Crippen LogP contribution < -0.4 is 5.32 Å². The fourth-order valence-electron chi connectivity index (χ4n) is 2.34. The van der Waals surface area contributed by atoms with Crippen LogP contribution in [-0.2, 0) is 15.1 Å². The van der Waals surface area contributed by atoms with Gasteiger partial charge in [-0.05, 0) is 18.7 Å². The second-order valence-corrected chi connectivity index (χ2v) is 5.49. The maximum atomic E-state index is 12.0. The molecule has 1 aromatic carbocycles. The lowest BCUT2D eigenvalue weighted by Gasteiger charge is -2.38. The summed E-state index contributed by atoms with van der Waals surface area (Å²) in [7, 11) is 0. The summed E-state index contributed by atoms with van der Waals surface area (Å²) in [6.45, 7) is 1.63. The Morgan fingerprint density at radius 1 is 1.32 bits per heavy atom. The van der Waals surface area contributed by atoms with Gasteiger partial charge in [0.1, 0.15) is 11.0 Å². The van der Waals surface area contributed by atoms with Crippen LogP contribution in [0.1, 0.15) is 18.4 Å². The summed E-state index contributed by atoms with van der Waals surface area (Å²) in [6.07, 6.45) is 1.49. The van der Waals surface area contributed by atoms with Gasteiger partial charge in [0.2, 0.25) is 0 Å². The molecule has 1 aromatic rings. The molecule has 1 heterocycles. The van der Waals surface area contributed by atoms with Gasteiger partial charge in [0.05, 0.1) is 0 Å². The molecule has 1 fully saturated rings. The van der Waals surface area contributed by atoms with Gasteiger partial charge in [-0.15, -0.1) is 23.2 Å². The lowest BCUT2D eigenvalue weighted by atomic mass is 9.85. The maximum Gasteiger partial charge on any atom is 0.326 e. The smallest absolute Gasteiger partial charge is 0.326 e. The molecule has 0 aromatic heterocycles. The van der Waals surface area contributed by atoms with Gasteiger partial charge in [0, 0.05) is 18.7 Å². The third kappa shape index (κ3) is 3.41. The quantitative estimate of drug-likeness (QED) is 0.686. The lowest BCUT2D eigenvalue weighted by Crippen LogP contribution is -2.44. The van der Waals surface area contributed by atoms with Gasteiger partial charge in [0.15, 0.2) is 0 Å². The van der Waals surface area contributed by atoms with Crippen LogP contribution in [0, 0.1) is 0 Å². The first-order chi connectivity index (χ1) is 9.18. The third-order valence-corrected chi connectivity index (χ3v) is 4.20. The average Bonchev–Trinajstić information content (AvgIpc) is 2.48. The van der Waals surface area contributed by atoms with Crippen molar-refractivity contribution in [3.8, 4) is 0 Å². The largest absolute Gasteiger partial charge is 0.453 e. The number of alkyl halides is 2. The van der Waals surface area contributed by atoms with Crippen molar-refractivity contribution < 1.29 is 9.53 Å². The highest BCUT2D eigenvalue weighted by atomic mass is 35.5. The first-order valence-corrected chi connectivity index (χ1v) is 7.34. The van der Waals surface area contributed by atoms with E-state index in [0.29, 0.717) is 0 Å². The summed E-state index contributed by atoms with van der Waals surface area (Å²) in [5.41, 5.74) is 0.436. The fourth-order valence-corrected chi connectivity index (χ4v) is 2.51. The number of rotatable bonds is 4. The zero-order valence-corrected chi connectivity index (χ0v) is 12.1. The highest BCUT2D eigenvalue weighted by molar-refractivity contribution is 6.35. The molecule has 3 nitrogen and oxygen atoms in total. The maximum absolute atomic E-state index is 12.0. The number of nitrogens with one attached hydrogen (secondary N) is 1. The molecule has 1 atom stereocenters. The normalized spacial score (nSPS) is 19.7. The van der Waals surface area contributed by atoms with E-state index in [4.69, 9.17) is 27.9 Å². The number of halogens is 2. The second-order valence-electron chi connectivity index (χ2n) is 4.65. The minimum Gasteiger partial charge on any atom is -0.453 e. The second kappa shape index (κ2) is 6.60. The molecule has 2 rings (SSSR count). The number of hydrogen-bond acceptors (Lipinski definition) is 3. The number of ether oxygens (including phenoxy) is 1. The fraction of sp³-hybridized carbons (Fsp3) is 0.500. The average molecular weight is 302 g/mol. The van der Waals surface area contributed by atoms with Crippen molar-refractivity contribution in [2.24, 2.45) is 0 Å². The van der Waals surface area contributed by atoms with E-state index >= 15 is 0 Å². The summed E-state index contributed by atoms with van der Waals surface area (Å²) in [5, 5.41) is 2.48. The molecule has 0 radical (unpaired) electrons. The zero-order chi connectivity index (χ0) is 13.7. The van der Waals surface area contributed by atoms with Crippen LogP contribution in [0.5, 0.6) is 0 Å². The van der Waals surface area contributed by atoms with Crippen molar-refractivity contribution in [2.75, 3.05) is 19.0 Å². The minimum absolute atomic E-state index is 0.0590. The highest BCUT2D eigenvalue weighted by Crippen LogP contribution is 2.35. The van der Waals surface area contributed by atoms with Crippen LogP contribution in [-0.4, -0.2) is 30.3 Å². The van der Waals surface area contributed by atoms with Crippen LogP contribution in [0.15, 0.2) is 30.3 Å². The van der Waals surface area contributed by atoms with Gasteiger partial charge < -0.3 is 10.1 Å². The molecular formula is C14H17Cl2NO2. The van der Waals surface area contributed by atoms with E-state index < -0.39 is 16.9 Å². The van der Waals surface area contributed by atoms with Crippen LogP contribution in [0.25, 0.3) is 0 Å². The molecule has 19 heavy (non-hydrogen) atoms. The summed E-state index contributed by atoms with van der Waals surface area (Å²) in [4.78, 5) is 12.0. The van der Waals surface area contributed by atoms with Crippen LogP contribution in [0.4, 0.5) is 0 Å². The van der Waals surface area contributed by atoms with Crippen LogP contribution >= 0.6 is 23.2 Å². The van der Waals surface area contributed by atoms with E-state index in [9.17, 15) is 4.79 Å². The molecule has 5 heteroatoms. The summed E-state index contributed by atoms with van der Waals surface area (Å²) in [5.74, 6) is -0.383. The van der Waals surface area contributed by atoms with Gasteiger partial charge in [-0.1, -0.05) is 30.3 Å². The molecule has 1 aliphatic rings. The molecule has 0 saturated carbocycles. The van der Waals surface area contributed by atoms with E-state index in [0.717, 1.165) is 31.5 Å². The molecule has 1 aliphatic heterocycles. The molecule has 1 saturated heterocycles. The van der Waals surface area contributed by atoms with Gasteiger partial charge in [-0.2, -0.15) is 0 Å². The molecule has 0 aliphatic carbocycles. The first kappa shape index (κ1) is 14.6. The summed E-state index contributed by atoms with van der Waals surface area (Å²) in [6, 6.07) is 9.83. The monoisotopic (exact) mass is 301 g/mol. The first-order valence-electron chi connectivity index (χ1n) is 6.37. The molecule has 1 unspecified atom stereocenters. The Morgan fingerprint density at radius 3 is 2.53 bits per heavy atom. The van der Waals surface area contributed by atoms with Gasteiger partial charge in [-0.3, -0.25) is 4.79 Å². The Kier molecular flexibility index (Phi) is 5.08. The van der Waals surface area contributed by atoms with Crippen LogP contribution in [0.3, 0.4) is 0 Å². The SMILES string of the molecule is O=C(OC1(c2ccccc2)CCNCC1)C(Cl)CCl. The van der Waals surface area contributed by atoms with Crippen LogP contribution in [0.2, 0.25) is 0 Å². The Balaban J connectivity index is 2.23. The third-order valence-electron chi connectivity index (χ3n) is 3.40. The van der Waals surface area contributed by atoms with Crippen molar-refractivity contribution in [2.45, 2.75) is 23.8 Å². The topological polar surface area (TPSA) is 38.3 Å². The summed E-state index contributed by atoms with van der Waals surface area (Å²) >= 11 is 11.5. The highest BCUT2D eigenvalue weighted by Gasteiger charge is 2.38. The van der Waals surface area contributed by atoms with E-state index in [-0.39, 0.29) is 5.88 Å². The molecule has 0 spiro atoms. The Hall–Kier alpha value is -0.770. The minimum atomic E-state index is -0.794. The number of esters is 1. The van der Waals surface area contributed by atoms with Gasteiger partial charge in [0.25, 0.3) is 0 Å². The Morgan fingerprint density at radius 2 is 1.95 bits per heavy atom. The standard InChI is InChI=1S/C14H17Cl2NO2/c15-10-12(16)13(18)19-14(6-8-17-9-7-14)11-4-2-1-3-5-11/h1-5,12,17H,6-10H2. The van der Waals surface area contributed by atoms with E-state index in [1.54, 1.807) is 0 Å². The Labute approximate surface area is 123 Å². The number of carbonyl (C=O) groups excluding carboxylic acids is 1. The van der Waals surface area contributed by atoms with Crippen molar-refractivity contribution in [1.82, 2.24) is 5.32 Å². The molecule has 1 N–H and O–H groups in total. The lowest BCUT2D eigenvalue weighted by molar-refractivity contribution is -0.163. The van der Waals surface area contributed by atoms with Crippen molar-refractivity contribution >= 4 is 29.2 Å². The van der Waals surface area contributed by atoms with Gasteiger partial charge >= 0.3 is 5.97 Å². The van der Waals surface area contributed by atoms with Crippen molar-refractivity contribution in [3.05, 3.63) is 35.9 Å². The molecule has 104 valence electrons. The predicted octanol–water partition coefficient (Wildman–Crippen LogP) is 2.65. The number of piperidine rings is 1. The molecular weight excluding hydrogens is 285 g/mol. The summed E-state index contributed by atoms with van der Waals surface area (Å²) < 4.78 is 5.72. The van der Waals surface area contributed by atoms with E-state index in [1.807, 2.05) is 30.3 Å². The number of carbonyl (C=O) groups is 1. The number of hydrogen-bond donors (Lipinski definition) is 1. The van der Waals surface area contributed by atoms with Gasteiger partial charge in [-0.25, -0.2) is 0 Å². The van der Waals surface area contributed by atoms with E-state index in [2.05, 4.69) is 5.32 Å².